The summed E-state index contributed by atoms with van der Waals surface area (Å²) in [6.45, 7) is 5.70. The average Bonchev–Trinajstić information content (AvgIpc) is 1.97. The summed E-state index contributed by atoms with van der Waals surface area (Å²) in [6, 6.07) is 0. The minimum absolute atomic E-state index is 0.714. The Bertz CT molecular complexity index is 47.2. The number of hydrogen-bond acceptors (Lipinski definition) is 2. The summed E-state index contributed by atoms with van der Waals surface area (Å²) in [6.07, 6.45) is 4.60. The van der Waals surface area contributed by atoms with Gasteiger partial charge < -0.3 is 0 Å². The van der Waals surface area contributed by atoms with Crippen LogP contribution < -0.4 is 0 Å². The Balaban J connectivity index is 2.65. The lowest BCUT2D eigenvalue weighted by Gasteiger charge is -2.00. The molecule has 10 heavy (non-hydrogen) atoms. The Kier molecular flexibility index (Phi) is 8.85. The van der Waals surface area contributed by atoms with E-state index in [-0.39, 0.29) is 0 Å². The summed E-state index contributed by atoms with van der Waals surface area (Å²) in [4.78, 5) is 9.71. The molecule has 0 aromatic heterocycles. The Morgan fingerprint density at radius 2 is 1.50 bits per heavy atom. The zero-order valence-corrected chi connectivity index (χ0v) is 7.06. The van der Waals surface area contributed by atoms with Crippen LogP contribution in [-0.4, -0.2) is 13.2 Å². The largest absolute Gasteiger partial charge is 0.237 e. The molecule has 0 atom stereocenters. The molecule has 0 aromatic rings. The fraction of sp³-hybridized carbons (Fsp3) is 1.00. The van der Waals surface area contributed by atoms with Gasteiger partial charge in [0.25, 0.3) is 0 Å². The quantitative estimate of drug-likeness (QED) is 0.312. The van der Waals surface area contributed by atoms with Crippen molar-refractivity contribution >= 4 is 0 Å². The molecular weight excluding hydrogens is 128 g/mol. The van der Waals surface area contributed by atoms with Gasteiger partial charge >= 0.3 is 0 Å². The van der Waals surface area contributed by atoms with Crippen molar-refractivity contribution in [1.29, 1.82) is 0 Å². The fourth-order valence-electron chi connectivity index (χ4n) is 0.612. The standard InChI is InChI=1S/C8H18O2/c1-3-5-6-8-10-9-7-4-2/h3-8H2,1-2H3. The molecule has 0 bridgehead atoms. The third kappa shape index (κ3) is 7.92. The normalized spacial score (nSPS) is 10.2. The van der Waals surface area contributed by atoms with E-state index < -0.39 is 0 Å². The monoisotopic (exact) mass is 146 g/mol. The predicted molar refractivity (Wildman–Crippen MR) is 41.7 cm³/mol. The van der Waals surface area contributed by atoms with Crippen molar-refractivity contribution in [2.45, 2.75) is 39.5 Å². The number of unbranched alkanes of at least 4 members (excludes halogenated alkanes) is 2. The van der Waals surface area contributed by atoms with Gasteiger partial charge in [0.2, 0.25) is 0 Å². The van der Waals surface area contributed by atoms with E-state index in [1.165, 1.54) is 12.8 Å². The molecule has 0 fully saturated rings. The first-order chi connectivity index (χ1) is 4.91. The molecule has 0 amide bonds. The molecule has 0 radical (unpaired) electrons. The predicted octanol–water partition coefficient (Wildman–Crippen LogP) is 2.53. The molecule has 0 spiro atoms. The van der Waals surface area contributed by atoms with Gasteiger partial charge in [-0.25, -0.2) is 9.78 Å². The second kappa shape index (κ2) is 8.92. The summed E-state index contributed by atoms with van der Waals surface area (Å²) in [5.41, 5.74) is 0. The van der Waals surface area contributed by atoms with E-state index in [1.807, 2.05) is 0 Å². The van der Waals surface area contributed by atoms with Crippen LogP contribution >= 0.6 is 0 Å². The van der Waals surface area contributed by atoms with E-state index in [0.717, 1.165) is 19.4 Å². The van der Waals surface area contributed by atoms with Gasteiger partial charge in [0.05, 0.1) is 13.2 Å². The van der Waals surface area contributed by atoms with Crippen LogP contribution in [0.25, 0.3) is 0 Å². The molecule has 0 saturated carbocycles. The summed E-state index contributed by atoms with van der Waals surface area (Å²) >= 11 is 0. The topological polar surface area (TPSA) is 18.5 Å². The molecular formula is C8H18O2. The lowest BCUT2D eigenvalue weighted by Crippen LogP contribution is -1.97. The van der Waals surface area contributed by atoms with Gasteiger partial charge in [-0.2, -0.15) is 0 Å². The molecule has 0 N–H and O–H groups in total. The van der Waals surface area contributed by atoms with Gasteiger partial charge in [0, 0.05) is 0 Å². The highest BCUT2D eigenvalue weighted by Crippen LogP contribution is 1.94. The summed E-state index contributed by atoms with van der Waals surface area (Å²) in [5.74, 6) is 0. The van der Waals surface area contributed by atoms with Crippen LogP contribution in [0.4, 0.5) is 0 Å². The molecule has 0 aliphatic rings. The molecule has 0 aliphatic heterocycles. The van der Waals surface area contributed by atoms with Crippen molar-refractivity contribution in [3.05, 3.63) is 0 Å². The Morgan fingerprint density at radius 3 is 2.10 bits per heavy atom. The second-order valence-corrected chi connectivity index (χ2v) is 2.35. The summed E-state index contributed by atoms with van der Waals surface area (Å²) in [7, 11) is 0. The number of hydrogen-bond donors (Lipinski definition) is 0. The maximum absolute atomic E-state index is 4.88. The smallest absolute Gasteiger partial charge is 0.0822 e. The third-order valence-corrected chi connectivity index (χ3v) is 1.20. The molecule has 0 rings (SSSR count). The molecule has 0 heterocycles. The van der Waals surface area contributed by atoms with Crippen molar-refractivity contribution in [3.63, 3.8) is 0 Å². The molecule has 0 unspecified atom stereocenters. The maximum Gasteiger partial charge on any atom is 0.0822 e. The Labute approximate surface area is 63.5 Å². The zero-order valence-electron chi connectivity index (χ0n) is 7.06. The van der Waals surface area contributed by atoms with Crippen LogP contribution in [-0.2, 0) is 9.78 Å². The molecule has 62 valence electrons. The van der Waals surface area contributed by atoms with Crippen molar-refractivity contribution in [3.8, 4) is 0 Å². The van der Waals surface area contributed by atoms with Gasteiger partial charge in [-0.15, -0.1) is 0 Å². The van der Waals surface area contributed by atoms with Gasteiger partial charge in [-0.3, -0.25) is 0 Å². The van der Waals surface area contributed by atoms with Gasteiger partial charge in [0.15, 0.2) is 0 Å². The third-order valence-electron chi connectivity index (χ3n) is 1.20. The lowest BCUT2D eigenvalue weighted by molar-refractivity contribution is -0.294. The molecule has 2 nitrogen and oxygen atoms in total. The molecule has 2 heteroatoms. The first-order valence-corrected chi connectivity index (χ1v) is 4.16. The zero-order chi connectivity index (χ0) is 7.66. The van der Waals surface area contributed by atoms with Crippen LogP contribution in [0.2, 0.25) is 0 Å². The van der Waals surface area contributed by atoms with Crippen molar-refractivity contribution < 1.29 is 9.78 Å². The van der Waals surface area contributed by atoms with Crippen LogP contribution in [0.1, 0.15) is 39.5 Å². The summed E-state index contributed by atoms with van der Waals surface area (Å²) in [5, 5.41) is 0. The first kappa shape index (κ1) is 9.92. The van der Waals surface area contributed by atoms with Crippen molar-refractivity contribution in [2.75, 3.05) is 13.2 Å². The maximum atomic E-state index is 4.88. The summed E-state index contributed by atoms with van der Waals surface area (Å²) < 4.78 is 0. The second-order valence-electron chi connectivity index (χ2n) is 2.35. The van der Waals surface area contributed by atoms with Crippen LogP contribution in [0.3, 0.4) is 0 Å². The average molecular weight is 146 g/mol. The van der Waals surface area contributed by atoms with Gasteiger partial charge in [-0.1, -0.05) is 26.7 Å². The van der Waals surface area contributed by atoms with E-state index in [2.05, 4.69) is 13.8 Å². The minimum Gasteiger partial charge on any atom is -0.237 e. The van der Waals surface area contributed by atoms with Gasteiger partial charge in [-0.05, 0) is 12.8 Å². The molecule has 0 aliphatic carbocycles. The van der Waals surface area contributed by atoms with Crippen LogP contribution in [0, 0.1) is 0 Å². The first-order valence-electron chi connectivity index (χ1n) is 4.16. The highest BCUT2D eigenvalue weighted by atomic mass is 17.2. The SMILES string of the molecule is CCCCCOOCCC. The van der Waals surface area contributed by atoms with Crippen molar-refractivity contribution in [1.82, 2.24) is 0 Å². The van der Waals surface area contributed by atoms with E-state index in [4.69, 9.17) is 9.78 Å². The van der Waals surface area contributed by atoms with Crippen LogP contribution in [0.15, 0.2) is 0 Å². The highest BCUT2D eigenvalue weighted by Gasteiger charge is 1.86. The minimum atomic E-state index is 0.714. The molecule has 0 saturated heterocycles. The van der Waals surface area contributed by atoms with E-state index >= 15 is 0 Å². The van der Waals surface area contributed by atoms with Gasteiger partial charge in [0.1, 0.15) is 0 Å². The highest BCUT2D eigenvalue weighted by molar-refractivity contribution is 4.32. The Morgan fingerprint density at radius 1 is 0.800 bits per heavy atom. The fourth-order valence-corrected chi connectivity index (χ4v) is 0.612. The van der Waals surface area contributed by atoms with E-state index in [1.54, 1.807) is 0 Å². The van der Waals surface area contributed by atoms with E-state index in [0.29, 0.717) is 6.61 Å². The van der Waals surface area contributed by atoms with Crippen LogP contribution in [0.5, 0.6) is 0 Å². The van der Waals surface area contributed by atoms with E-state index in [9.17, 15) is 0 Å². The number of rotatable bonds is 7. The molecule has 0 aromatic carbocycles. The lowest BCUT2D eigenvalue weighted by atomic mass is 10.3. The Hall–Kier alpha value is -0.0800. The van der Waals surface area contributed by atoms with Crippen molar-refractivity contribution in [2.24, 2.45) is 0 Å².